The van der Waals surface area contributed by atoms with Crippen LogP contribution < -0.4 is 14.2 Å². The molecule has 0 N–H and O–H groups in total. The molecular formula is C20H26O4. The molecule has 0 aliphatic heterocycles. The Kier molecular flexibility index (Phi) is 7.43. The Labute approximate surface area is 144 Å². The standard InChI is InChI=1S/C20H26O4/c1-4-17-6-8-18(9-7-17)23-13-11-22-12-14-24-19-10-5-16(2)15-20(19)21-3/h5-10,15H,4,11-14H2,1-3H3. The van der Waals surface area contributed by atoms with E-state index in [1.807, 2.05) is 37.3 Å². The second kappa shape index (κ2) is 9.83. The average molecular weight is 330 g/mol. The van der Waals surface area contributed by atoms with Crippen molar-refractivity contribution in [3.05, 3.63) is 53.6 Å². The van der Waals surface area contributed by atoms with Crippen molar-refractivity contribution in [2.45, 2.75) is 20.3 Å². The SMILES string of the molecule is CCc1ccc(OCCOCCOc2ccc(C)cc2OC)cc1. The number of ether oxygens (including phenoxy) is 4. The van der Waals surface area contributed by atoms with Crippen LogP contribution in [0.3, 0.4) is 0 Å². The molecule has 2 aromatic rings. The van der Waals surface area contributed by atoms with Crippen molar-refractivity contribution in [2.24, 2.45) is 0 Å². The van der Waals surface area contributed by atoms with Crippen LogP contribution in [-0.4, -0.2) is 33.5 Å². The van der Waals surface area contributed by atoms with Crippen LogP contribution in [0.4, 0.5) is 0 Å². The summed E-state index contributed by atoms with van der Waals surface area (Å²) in [6.07, 6.45) is 1.04. The van der Waals surface area contributed by atoms with Crippen molar-refractivity contribution in [2.75, 3.05) is 33.5 Å². The molecule has 0 aliphatic rings. The van der Waals surface area contributed by atoms with Gasteiger partial charge in [-0.1, -0.05) is 25.1 Å². The molecule has 0 fully saturated rings. The van der Waals surface area contributed by atoms with Crippen LogP contribution >= 0.6 is 0 Å². The minimum Gasteiger partial charge on any atom is -0.493 e. The Bertz CT molecular complexity index is 608. The lowest BCUT2D eigenvalue weighted by Crippen LogP contribution is -2.12. The number of rotatable bonds is 10. The van der Waals surface area contributed by atoms with Crippen molar-refractivity contribution < 1.29 is 18.9 Å². The largest absolute Gasteiger partial charge is 0.493 e. The highest BCUT2D eigenvalue weighted by molar-refractivity contribution is 5.42. The van der Waals surface area contributed by atoms with Crippen molar-refractivity contribution in [1.82, 2.24) is 0 Å². The van der Waals surface area contributed by atoms with Crippen molar-refractivity contribution >= 4 is 0 Å². The van der Waals surface area contributed by atoms with Gasteiger partial charge in [-0.15, -0.1) is 0 Å². The topological polar surface area (TPSA) is 36.9 Å². The van der Waals surface area contributed by atoms with Crippen LogP contribution in [0.25, 0.3) is 0 Å². The summed E-state index contributed by atoms with van der Waals surface area (Å²) in [6, 6.07) is 14.0. The lowest BCUT2D eigenvalue weighted by molar-refractivity contribution is 0.0757. The molecular weight excluding hydrogens is 304 g/mol. The van der Waals surface area contributed by atoms with Gasteiger partial charge >= 0.3 is 0 Å². The lowest BCUT2D eigenvalue weighted by atomic mass is 10.2. The highest BCUT2D eigenvalue weighted by atomic mass is 16.6. The van der Waals surface area contributed by atoms with E-state index in [-0.39, 0.29) is 0 Å². The van der Waals surface area contributed by atoms with Crippen LogP contribution in [0.15, 0.2) is 42.5 Å². The van der Waals surface area contributed by atoms with Gasteiger partial charge in [0, 0.05) is 0 Å². The Balaban J connectivity index is 1.60. The van der Waals surface area contributed by atoms with Gasteiger partial charge in [0.25, 0.3) is 0 Å². The number of aryl methyl sites for hydroxylation is 2. The maximum Gasteiger partial charge on any atom is 0.161 e. The maximum atomic E-state index is 5.68. The smallest absolute Gasteiger partial charge is 0.161 e. The third kappa shape index (κ3) is 5.78. The summed E-state index contributed by atoms with van der Waals surface area (Å²) in [5, 5.41) is 0. The minimum atomic E-state index is 0.477. The van der Waals surface area contributed by atoms with Gasteiger partial charge in [-0.3, -0.25) is 0 Å². The summed E-state index contributed by atoms with van der Waals surface area (Å²) < 4.78 is 22.1. The first-order valence-corrected chi connectivity index (χ1v) is 8.30. The summed E-state index contributed by atoms with van der Waals surface area (Å²) in [7, 11) is 1.64. The normalized spacial score (nSPS) is 10.5. The zero-order valence-corrected chi connectivity index (χ0v) is 14.7. The summed E-state index contributed by atoms with van der Waals surface area (Å²) in [4.78, 5) is 0. The van der Waals surface area contributed by atoms with Crippen LogP contribution in [0.2, 0.25) is 0 Å². The summed E-state index contributed by atoms with van der Waals surface area (Å²) in [5.41, 5.74) is 2.45. The second-order valence-corrected chi connectivity index (χ2v) is 5.46. The van der Waals surface area contributed by atoms with Gasteiger partial charge in [0.05, 0.1) is 20.3 Å². The Hall–Kier alpha value is -2.20. The van der Waals surface area contributed by atoms with Gasteiger partial charge in [0.2, 0.25) is 0 Å². The van der Waals surface area contributed by atoms with Crippen molar-refractivity contribution in [1.29, 1.82) is 0 Å². The summed E-state index contributed by atoms with van der Waals surface area (Å²) >= 11 is 0. The Morgan fingerprint density at radius 2 is 1.50 bits per heavy atom. The highest BCUT2D eigenvalue weighted by Gasteiger charge is 2.04. The molecule has 0 saturated heterocycles. The number of hydrogen-bond acceptors (Lipinski definition) is 4. The predicted molar refractivity (Wildman–Crippen MR) is 95.4 cm³/mol. The highest BCUT2D eigenvalue weighted by Crippen LogP contribution is 2.27. The molecule has 0 saturated carbocycles. The first-order valence-electron chi connectivity index (χ1n) is 8.30. The molecule has 4 heteroatoms. The van der Waals surface area contributed by atoms with E-state index >= 15 is 0 Å². The molecule has 0 bridgehead atoms. The summed E-state index contributed by atoms with van der Waals surface area (Å²) in [5.74, 6) is 2.35. The average Bonchev–Trinajstić information content (AvgIpc) is 2.62. The Morgan fingerprint density at radius 3 is 2.17 bits per heavy atom. The zero-order valence-electron chi connectivity index (χ0n) is 14.7. The van der Waals surface area contributed by atoms with Gasteiger partial charge in [0.15, 0.2) is 11.5 Å². The molecule has 130 valence electrons. The van der Waals surface area contributed by atoms with E-state index < -0.39 is 0 Å². The molecule has 0 aromatic heterocycles. The molecule has 2 aromatic carbocycles. The van der Waals surface area contributed by atoms with Crippen LogP contribution in [0.5, 0.6) is 17.2 Å². The third-order valence-electron chi connectivity index (χ3n) is 3.63. The fourth-order valence-corrected chi connectivity index (χ4v) is 2.25. The number of hydrogen-bond donors (Lipinski definition) is 0. The molecule has 0 heterocycles. The number of methoxy groups -OCH3 is 1. The third-order valence-corrected chi connectivity index (χ3v) is 3.63. The Morgan fingerprint density at radius 1 is 0.792 bits per heavy atom. The molecule has 24 heavy (non-hydrogen) atoms. The van der Waals surface area contributed by atoms with Crippen LogP contribution in [0.1, 0.15) is 18.1 Å². The van der Waals surface area contributed by atoms with Gasteiger partial charge in [-0.2, -0.15) is 0 Å². The molecule has 0 spiro atoms. The van der Waals surface area contributed by atoms with Crippen molar-refractivity contribution in [3.63, 3.8) is 0 Å². The van der Waals surface area contributed by atoms with E-state index in [4.69, 9.17) is 18.9 Å². The van der Waals surface area contributed by atoms with Crippen LogP contribution in [-0.2, 0) is 11.2 Å². The van der Waals surface area contributed by atoms with E-state index in [9.17, 15) is 0 Å². The van der Waals surface area contributed by atoms with Gasteiger partial charge in [-0.25, -0.2) is 0 Å². The zero-order chi connectivity index (χ0) is 17.2. The quantitative estimate of drug-likeness (QED) is 0.616. The molecule has 0 atom stereocenters. The van der Waals surface area contributed by atoms with Crippen LogP contribution in [0, 0.1) is 6.92 Å². The molecule has 0 amide bonds. The molecule has 2 rings (SSSR count). The lowest BCUT2D eigenvalue weighted by Gasteiger charge is -2.12. The van der Waals surface area contributed by atoms with E-state index in [0.717, 1.165) is 29.2 Å². The fourth-order valence-electron chi connectivity index (χ4n) is 2.25. The predicted octanol–water partition coefficient (Wildman–Crippen LogP) is 4.04. The maximum absolute atomic E-state index is 5.68. The van der Waals surface area contributed by atoms with E-state index in [1.54, 1.807) is 7.11 Å². The van der Waals surface area contributed by atoms with Crippen molar-refractivity contribution in [3.8, 4) is 17.2 Å². The second-order valence-electron chi connectivity index (χ2n) is 5.46. The molecule has 0 aliphatic carbocycles. The van der Waals surface area contributed by atoms with Gasteiger partial charge in [-0.05, 0) is 48.7 Å². The van der Waals surface area contributed by atoms with E-state index in [2.05, 4.69) is 19.1 Å². The molecule has 4 nitrogen and oxygen atoms in total. The van der Waals surface area contributed by atoms with E-state index in [0.29, 0.717) is 26.4 Å². The minimum absolute atomic E-state index is 0.477. The fraction of sp³-hybridized carbons (Fsp3) is 0.400. The molecule has 0 unspecified atom stereocenters. The summed E-state index contributed by atoms with van der Waals surface area (Å²) in [6.45, 7) is 6.20. The van der Waals surface area contributed by atoms with Gasteiger partial charge < -0.3 is 18.9 Å². The first kappa shape index (κ1) is 18.1. The molecule has 0 radical (unpaired) electrons. The van der Waals surface area contributed by atoms with Gasteiger partial charge in [0.1, 0.15) is 19.0 Å². The first-order chi connectivity index (χ1) is 11.7. The monoisotopic (exact) mass is 330 g/mol. The number of benzene rings is 2. The van der Waals surface area contributed by atoms with E-state index in [1.165, 1.54) is 5.56 Å².